The van der Waals surface area contributed by atoms with Crippen LogP contribution in [0.2, 0.25) is 5.02 Å². The molecule has 1 saturated heterocycles. The monoisotopic (exact) mass is 433 g/mol. The smallest absolute Gasteiger partial charge is 0.377 e. The first kappa shape index (κ1) is 21.6. The van der Waals surface area contributed by atoms with E-state index in [1.807, 2.05) is 0 Å². The van der Waals surface area contributed by atoms with Gasteiger partial charge >= 0.3 is 5.97 Å². The number of halogens is 2. The predicted octanol–water partition coefficient (Wildman–Crippen LogP) is 4.21. The third kappa shape index (κ3) is 5.30. The lowest BCUT2D eigenvalue weighted by molar-refractivity contribution is -0.159. The quantitative estimate of drug-likeness (QED) is 0.504. The maximum atomic E-state index is 13.2. The molecule has 1 heterocycles. The Morgan fingerprint density at radius 1 is 1.13 bits per heavy atom. The number of hydrogen-bond acceptors (Lipinski definition) is 5. The van der Waals surface area contributed by atoms with Crippen molar-refractivity contribution in [2.45, 2.75) is 32.7 Å². The van der Waals surface area contributed by atoms with Crippen LogP contribution < -0.4 is 4.74 Å². The molecule has 0 aliphatic carbocycles. The molecule has 1 aliphatic rings. The van der Waals surface area contributed by atoms with Crippen LogP contribution in [0, 0.1) is 5.82 Å². The lowest BCUT2D eigenvalue weighted by atomic mass is 10.1. The molecule has 158 valence electrons. The van der Waals surface area contributed by atoms with Crippen LogP contribution in [0.15, 0.2) is 54.3 Å². The first-order valence-electron chi connectivity index (χ1n) is 9.17. The summed E-state index contributed by atoms with van der Waals surface area (Å²) in [5.74, 6) is -2.32. The summed E-state index contributed by atoms with van der Waals surface area (Å²) in [5.41, 5.74) is 1.47. The molecule has 0 saturated carbocycles. The fourth-order valence-electron chi connectivity index (χ4n) is 2.94. The molecule has 0 spiro atoms. The second kappa shape index (κ2) is 8.75. The summed E-state index contributed by atoms with van der Waals surface area (Å²) in [7, 11) is 1.51. The number of benzene rings is 2. The number of carbonyl (C=O) groups excluding carboxylic acids is 2. The Bertz CT molecular complexity index is 988. The Labute approximate surface area is 178 Å². The van der Waals surface area contributed by atoms with Crippen LogP contribution in [0.3, 0.4) is 0 Å². The maximum Gasteiger partial charge on any atom is 0.377 e. The molecule has 3 rings (SSSR count). The third-order valence-electron chi connectivity index (χ3n) is 4.34. The Morgan fingerprint density at radius 2 is 1.77 bits per heavy atom. The van der Waals surface area contributed by atoms with Gasteiger partial charge < -0.3 is 19.1 Å². The molecule has 0 aromatic heterocycles. The summed E-state index contributed by atoms with van der Waals surface area (Å²) in [4.78, 5) is 26.4. The lowest BCUT2D eigenvalue weighted by Crippen LogP contribution is -2.29. The summed E-state index contributed by atoms with van der Waals surface area (Å²) in [6.07, 6.45) is 1.10. The Kier molecular flexibility index (Phi) is 6.31. The molecule has 1 amide bonds. The van der Waals surface area contributed by atoms with Gasteiger partial charge in [-0.1, -0.05) is 29.8 Å². The molecule has 6 nitrogen and oxygen atoms in total. The van der Waals surface area contributed by atoms with E-state index in [4.69, 9.17) is 25.8 Å². The van der Waals surface area contributed by atoms with Crippen LogP contribution in [0.25, 0.3) is 0 Å². The first-order chi connectivity index (χ1) is 14.2. The van der Waals surface area contributed by atoms with Gasteiger partial charge in [-0.3, -0.25) is 4.79 Å². The standard InChI is InChI=1S/C22H21ClFNO5/c1-22(2)29-19(21(27)30-22)11-20(26)25(12-14-4-7-16(24)8-5-14)13-15-6-9-18(28-3)17(23)10-15/h4-11H,12-13H2,1-3H3/b19-11-. The van der Waals surface area contributed by atoms with Crippen molar-refractivity contribution in [3.63, 3.8) is 0 Å². The Balaban J connectivity index is 1.86. The first-order valence-corrected chi connectivity index (χ1v) is 9.54. The number of amides is 1. The van der Waals surface area contributed by atoms with Gasteiger partial charge in [-0.25, -0.2) is 9.18 Å². The van der Waals surface area contributed by atoms with E-state index in [-0.39, 0.29) is 24.7 Å². The van der Waals surface area contributed by atoms with Gasteiger partial charge in [0.2, 0.25) is 11.5 Å². The number of methoxy groups -OCH3 is 1. The van der Waals surface area contributed by atoms with Crippen molar-refractivity contribution in [3.05, 3.63) is 76.3 Å². The molecular formula is C22H21ClFNO5. The molecule has 0 radical (unpaired) electrons. The van der Waals surface area contributed by atoms with Crippen LogP contribution in [0.4, 0.5) is 4.39 Å². The molecule has 30 heavy (non-hydrogen) atoms. The number of ether oxygens (including phenoxy) is 3. The van der Waals surface area contributed by atoms with Gasteiger partial charge in [0.15, 0.2) is 0 Å². The highest BCUT2D eigenvalue weighted by atomic mass is 35.5. The van der Waals surface area contributed by atoms with Crippen LogP contribution in [0.5, 0.6) is 5.75 Å². The van der Waals surface area contributed by atoms with Crippen molar-refractivity contribution < 1.29 is 28.2 Å². The highest BCUT2D eigenvalue weighted by molar-refractivity contribution is 6.32. The zero-order chi connectivity index (χ0) is 21.9. The van der Waals surface area contributed by atoms with Crippen LogP contribution in [-0.2, 0) is 32.2 Å². The molecule has 2 aromatic carbocycles. The largest absolute Gasteiger partial charge is 0.495 e. The number of nitrogens with zero attached hydrogens (tertiary/aromatic N) is 1. The van der Waals surface area contributed by atoms with Crippen molar-refractivity contribution in [1.82, 2.24) is 4.90 Å². The number of hydrogen-bond donors (Lipinski definition) is 0. The van der Waals surface area contributed by atoms with E-state index in [1.54, 1.807) is 44.2 Å². The Hall–Kier alpha value is -3.06. The van der Waals surface area contributed by atoms with Crippen molar-refractivity contribution in [2.75, 3.05) is 7.11 Å². The minimum absolute atomic E-state index is 0.165. The molecule has 0 N–H and O–H groups in total. The minimum atomic E-state index is -1.13. The predicted molar refractivity (Wildman–Crippen MR) is 108 cm³/mol. The van der Waals surface area contributed by atoms with E-state index < -0.39 is 17.7 Å². The van der Waals surface area contributed by atoms with Crippen LogP contribution >= 0.6 is 11.6 Å². The Morgan fingerprint density at radius 3 is 2.33 bits per heavy atom. The highest BCUT2D eigenvalue weighted by Gasteiger charge is 2.38. The molecule has 0 atom stereocenters. The summed E-state index contributed by atoms with van der Waals surface area (Å²) >= 11 is 6.19. The van der Waals surface area contributed by atoms with E-state index in [2.05, 4.69) is 0 Å². The molecule has 1 aliphatic heterocycles. The van der Waals surface area contributed by atoms with Crippen molar-refractivity contribution in [2.24, 2.45) is 0 Å². The van der Waals surface area contributed by atoms with Crippen molar-refractivity contribution in [3.8, 4) is 5.75 Å². The third-order valence-corrected chi connectivity index (χ3v) is 4.63. The van der Waals surface area contributed by atoms with Gasteiger partial charge in [-0.2, -0.15) is 0 Å². The van der Waals surface area contributed by atoms with Gasteiger partial charge in [0.05, 0.1) is 18.2 Å². The fourth-order valence-corrected chi connectivity index (χ4v) is 3.22. The molecule has 1 fully saturated rings. The minimum Gasteiger partial charge on any atom is -0.495 e. The van der Waals surface area contributed by atoms with Gasteiger partial charge in [0, 0.05) is 26.9 Å². The second-order valence-corrected chi connectivity index (χ2v) is 7.60. The summed E-state index contributed by atoms with van der Waals surface area (Å²) in [6.45, 7) is 3.53. The van der Waals surface area contributed by atoms with Crippen LogP contribution in [-0.4, -0.2) is 29.7 Å². The maximum absolute atomic E-state index is 13.2. The summed E-state index contributed by atoms with van der Waals surface area (Å²) in [5, 5.41) is 0.409. The van der Waals surface area contributed by atoms with Crippen molar-refractivity contribution in [1.29, 1.82) is 0 Å². The van der Waals surface area contributed by atoms with Gasteiger partial charge in [0.1, 0.15) is 11.6 Å². The molecule has 0 bridgehead atoms. The number of carbonyl (C=O) groups is 2. The lowest BCUT2D eigenvalue weighted by Gasteiger charge is -2.22. The van der Waals surface area contributed by atoms with Crippen LogP contribution in [0.1, 0.15) is 25.0 Å². The summed E-state index contributed by atoms with van der Waals surface area (Å²) in [6, 6.07) is 11.0. The van der Waals surface area contributed by atoms with E-state index in [9.17, 15) is 14.0 Å². The van der Waals surface area contributed by atoms with E-state index in [0.717, 1.165) is 17.2 Å². The highest BCUT2D eigenvalue weighted by Crippen LogP contribution is 2.28. The SMILES string of the molecule is COc1ccc(CN(Cc2ccc(F)cc2)C(=O)/C=C2\OC(C)(C)OC2=O)cc1Cl. The normalized spacial score (nSPS) is 16.2. The zero-order valence-electron chi connectivity index (χ0n) is 16.8. The van der Waals surface area contributed by atoms with Gasteiger partial charge in [0.25, 0.3) is 5.91 Å². The number of esters is 1. The number of rotatable bonds is 6. The van der Waals surface area contributed by atoms with E-state index >= 15 is 0 Å². The van der Waals surface area contributed by atoms with Gasteiger partial charge in [-0.05, 0) is 35.4 Å². The second-order valence-electron chi connectivity index (χ2n) is 7.19. The van der Waals surface area contributed by atoms with Gasteiger partial charge in [-0.15, -0.1) is 0 Å². The molecule has 2 aromatic rings. The zero-order valence-corrected chi connectivity index (χ0v) is 17.5. The number of cyclic esters (lactones) is 1. The average Bonchev–Trinajstić information content (AvgIpc) is 2.94. The molecule has 8 heteroatoms. The molecular weight excluding hydrogens is 413 g/mol. The molecule has 0 unspecified atom stereocenters. The topological polar surface area (TPSA) is 65.1 Å². The summed E-state index contributed by atoms with van der Waals surface area (Å²) < 4.78 is 28.9. The average molecular weight is 434 g/mol. The van der Waals surface area contributed by atoms with E-state index in [1.165, 1.54) is 24.1 Å². The van der Waals surface area contributed by atoms with E-state index in [0.29, 0.717) is 10.8 Å². The van der Waals surface area contributed by atoms with Crippen molar-refractivity contribution >= 4 is 23.5 Å². The fraction of sp³-hybridized carbons (Fsp3) is 0.273.